The molecule has 0 radical (unpaired) electrons. The Morgan fingerprint density at radius 2 is 2.21 bits per heavy atom. The lowest BCUT2D eigenvalue weighted by Crippen LogP contribution is -2.27. The number of nitrogens with two attached hydrogens (primary N) is 1. The molecule has 19 heavy (non-hydrogen) atoms. The van der Waals surface area contributed by atoms with E-state index in [0.29, 0.717) is 12.3 Å². The molecule has 0 saturated heterocycles. The molecule has 0 aliphatic rings. The predicted molar refractivity (Wildman–Crippen MR) is 65.2 cm³/mol. The van der Waals surface area contributed by atoms with Crippen LogP contribution in [0.1, 0.15) is 5.89 Å². The highest BCUT2D eigenvalue weighted by Crippen LogP contribution is 2.16. The second kappa shape index (κ2) is 5.73. The lowest BCUT2D eigenvalue weighted by atomic mass is 10.4. The molecule has 0 bridgehead atoms. The number of pyridine rings is 1. The summed E-state index contributed by atoms with van der Waals surface area (Å²) >= 11 is 0. The number of hydrazine groups is 1. The van der Waals surface area contributed by atoms with Crippen LogP contribution in [0.15, 0.2) is 34.1 Å². The predicted octanol–water partition coefficient (Wildman–Crippen LogP) is -0.729. The molecule has 2 aromatic rings. The van der Waals surface area contributed by atoms with Gasteiger partial charge in [0.2, 0.25) is 15.9 Å². The summed E-state index contributed by atoms with van der Waals surface area (Å²) in [7, 11) is -3.70. The van der Waals surface area contributed by atoms with Crippen LogP contribution in [-0.4, -0.2) is 30.1 Å². The molecule has 0 unspecified atom stereocenters. The highest BCUT2D eigenvalue weighted by Gasteiger charge is 2.18. The van der Waals surface area contributed by atoms with Crippen molar-refractivity contribution >= 4 is 15.8 Å². The summed E-state index contributed by atoms with van der Waals surface area (Å²) in [6, 6.07) is 2.91. The number of rotatable bonds is 6. The van der Waals surface area contributed by atoms with Crippen molar-refractivity contribution in [3.8, 4) is 0 Å². The molecule has 0 spiro atoms. The van der Waals surface area contributed by atoms with Crippen LogP contribution in [0.3, 0.4) is 0 Å². The van der Waals surface area contributed by atoms with E-state index in [1.165, 1.54) is 24.7 Å². The fraction of sp³-hybridized carbons (Fsp3) is 0.222. The Morgan fingerprint density at radius 1 is 1.37 bits per heavy atom. The number of hydrogen-bond donors (Lipinski definition) is 3. The minimum absolute atomic E-state index is 0.0250. The number of nitrogen functional groups attached to an aromatic ring is 1. The molecule has 10 heteroatoms. The van der Waals surface area contributed by atoms with Crippen molar-refractivity contribution in [2.75, 3.05) is 12.0 Å². The molecule has 4 N–H and O–H groups in total. The maximum absolute atomic E-state index is 12.0. The number of sulfonamides is 1. The van der Waals surface area contributed by atoms with E-state index in [1.807, 2.05) is 0 Å². The second-order valence-electron chi connectivity index (χ2n) is 3.48. The normalized spacial score (nSPS) is 11.4. The third-order valence-electron chi connectivity index (χ3n) is 2.23. The Morgan fingerprint density at radius 3 is 2.89 bits per heavy atom. The Labute approximate surface area is 109 Å². The Kier molecular flexibility index (Phi) is 4.04. The van der Waals surface area contributed by atoms with Gasteiger partial charge < -0.3 is 9.95 Å². The smallest absolute Gasteiger partial charge is 0.244 e. The number of hydrogen-bond acceptors (Lipinski definition) is 8. The zero-order chi connectivity index (χ0) is 13.7. The first-order valence-corrected chi connectivity index (χ1v) is 6.78. The standard InChI is InChI=1S/C9H12N6O3S/c10-15-9-7(2-1-4-11-9)19(16,17)14-5-3-8-12-6-13-18-8/h1-2,4,6,14H,3,5,10H2,(H,11,15). The summed E-state index contributed by atoms with van der Waals surface area (Å²) < 4.78 is 31.2. The van der Waals surface area contributed by atoms with E-state index in [1.54, 1.807) is 0 Å². The van der Waals surface area contributed by atoms with Crippen LogP contribution < -0.4 is 16.0 Å². The van der Waals surface area contributed by atoms with Crippen molar-refractivity contribution in [1.29, 1.82) is 0 Å². The summed E-state index contributed by atoms with van der Waals surface area (Å²) in [5, 5.41) is 3.42. The van der Waals surface area contributed by atoms with Crippen molar-refractivity contribution in [2.24, 2.45) is 5.84 Å². The molecule has 2 rings (SSSR count). The van der Waals surface area contributed by atoms with E-state index >= 15 is 0 Å². The number of nitrogens with zero attached hydrogens (tertiary/aromatic N) is 3. The van der Waals surface area contributed by atoms with Crippen LogP contribution in [0.5, 0.6) is 0 Å². The first-order chi connectivity index (χ1) is 9.13. The zero-order valence-electron chi connectivity index (χ0n) is 9.78. The van der Waals surface area contributed by atoms with Gasteiger partial charge in [-0.1, -0.05) is 5.16 Å². The van der Waals surface area contributed by atoms with Crippen LogP contribution in [-0.2, 0) is 16.4 Å². The summed E-state index contributed by atoms with van der Waals surface area (Å²) in [6.45, 7) is 0.128. The molecule has 0 aliphatic carbocycles. The Bertz CT molecular complexity index is 627. The molecule has 2 aromatic heterocycles. The van der Waals surface area contributed by atoms with E-state index in [-0.39, 0.29) is 17.3 Å². The van der Waals surface area contributed by atoms with Crippen LogP contribution in [0.2, 0.25) is 0 Å². The van der Waals surface area contributed by atoms with Gasteiger partial charge in [-0.25, -0.2) is 24.0 Å². The monoisotopic (exact) mass is 284 g/mol. The molecule has 2 heterocycles. The molecule has 0 fully saturated rings. The van der Waals surface area contributed by atoms with Crippen LogP contribution >= 0.6 is 0 Å². The van der Waals surface area contributed by atoms with Crippen LogP contribution in [0, 0.1) is 0 Å². The highest BCUT2D eigenvalue weighted by molar-refractivity contribution is 7.89. The van der Waals surface area contributed by atoms with Crippen LogP contribution in [0.4, 0.5) is 5.82 Å². The Balaban J connectivity index is 2.05. The van der Waals surface area contributed by atoms with E-state index in [2.05, 4.69) is 25.3 Å². The van der Waals surface area contributed by atoms with E-state index in [4.69, 9.17) is 10.4 Å². The molecule has 0 saturated carbocycles. The van der Waals surface area contributed by atoms with Gasteiger partial charge in [0.05, 0.1) is 0 Å². The molecule has 102 valence electrons. The maximum atomic E-state index is 12.0. The lowest BCUT2D eigenvalue weighted by Gasteiger charge is -2.09. The quantitative estimate of drug-likeness (QED) is 0.466. The first-order valence-electron chi connectivity index (χ1n) is 5.30. The summed E-state index contributed by atoms with van der Waals surface area (Å²) in [6.07, 6.45) is 2.99. The zero-order valence-corrected chi connectivity index (χ0v) is 10.6. The highest BCUT2D eigenvalue weighted by atomic mass is 32.2. The number of anilines is 1. The first kappa shape index (κ1) is 13.4. The van der Waals surface area contributed by atoms with Gasteiger partial charge in [-0.15, -0.1) is 0 Å². The summed E-state index contributed by atoms with van der Waals surface area (Å²) in [4.78, 5) is 7.59. The summed E-state index contributed by atoms with van der Waals surface area (Å²) in [5.74, 6) is 5.64. The number of aromatic nitrogens is 3. The molecular weight excluding hydrogens is 272 g/mol. The molecule has 0 aliphatic heterocycles. The third-order valence-corrected chi connectivity index (χ3v) is 3.73. The molecular formula is C9H12N6O3S. The van der Waals surface area contributed by atoms with Crippen molar-refractivity contribution in [1.82, 2.24) is 19.8 Å². The van der Waals surface area contributed by atoms with Gasteiger partial charge >= 0.3 is 0 Å². The van der Waals surface area contributed by atoms with Gasteiger partial charge in [0.1, 0.15) is 4.90 Å². The minimum Gasteiger partial charge on any atom is -0.340 e. The molecule has 0 amide bonds. The van der Waals surface area contributed by atoms with Crippen LogP contribution in [0.25, 0.3) is 0 Å². The molecule has 9 nitrogen and oxygen atoms in total. The van der Waals surface area contributed by atoms with Gasteiger partial charge in [0.15, 0.2) is 12.1 Å². The van der Waals surface area contributed by atoms with Gasteiger partial charge in [-0.05, 0) is 12.1 Å². The summed E-state index contributed by atoms with van der Waals surface area (Å²) in [5.41, 5.74) is 2.23. The van der Waals surface area contributed by atoms with E-state index in [9.17, 15) is 8.42 Å². The van der Waals surface area contributed by atoms with Crippen molar-refractivity contribution < 1.29 is 12.9 Å². The Hall–Kier alpha value is -2.04. The topological polar surface area (TPSA) is 136 Å². The largest absolute Gasteiger partial charge is 0.340 e. The SMILES string of the molecule is NNc1ncccc1S(=O)(=O)NCCc1ncno1. The van der Waals surface area contributed by atoms with E-state index in [0.717, 1.165) is 0 Å². The second-order valence-corrected chi connectivity index (χ2v) is 5.21. The fourth-order valence-corrected chi connectivity index (χ4v) is 2.54. The van der Waals surface area contributed by atoms with Crippen molar-refractivity contribution in [3.05, 3.63) is 30.5 Å². The molecule has 0 aromatic carbocycles. The minimum atomic E-state index is -3.70. The van der Waals surface area contributed by atoms with Crippen molar-refractivity contribution in [3.63, 3.8) is 0 Å². The van der Waals surface area contributed by atoms with Gasteiger partial charge in [0, 0.05) is 19.2 Å². The van der Waals surface area contributed by atoms with Gasteiger partial charge in [-0.3, -0.25) is 0 Å². The molecule has 0 atom stereocenters. The average molecular weight is 284 g/mol. The average Bonchev–Trinajstić information content (AvgIpc) is 2.91. The van der Waals surface area contributed by atoms with Gasteiger partial charge in [0.25, 0.3) is 0 Å². The van der Waals surface area contributed by atoms with E-state index < -0.39 is 10.0 Å². The van der Waals surface area contributed by atoms with Crippen molar-refractivity contribution in [2.45, 2.75) is 11.3 Å². The number of nitrogens with one attached hydrogen (secondary N) is 2. The maximum Gasteiger partial charge on any atom is 0.244 e. The lowest BCUT2D eigenvalue weighted by molar-refractivity contribution is 0.377. The fourth-order valence-electron chi connectivity index (χ4n) is 1.39. The third kappa shape index (κ3) is 3.24. The van der Waals surface area contributed by atoms with Gasteiger partial charge in [-0.2, -0.15) is 4.98 Å².